The van der Waals surface area contributed by atoms with E-state index < -0.39 is 0 Å². The third kappa shape index (κ3) is 3.08. The summed E-state index contributed by atoms with van der Waals surface area (Å²) in [6, 6.07) is 0.489. The Hall–Kier alpha value is -1.69. The van der Waals surface area contributed by atoms with E-state index in [0.29, 0.717) is 12.0 Å². The van der Waals surface area contributed by atoms with Crippen LogP contribution in [-0.2, 0) is 0 Å². The molecule has 0 radical (unpaired) electrons. The van der Waals surface area contributed by atoms with Crippen LogP contribution in [0.15, 0.2) is 6.33 Å². The fraction of sp³-hybridized carbons (Fsp3) is 0.650. The number of anilines is 1. The van der Waals surface area contributed by atoms with Crippen molar-refractivity contribution < 1.29 is 4.79 Å². The quantitative estimate of drug-likeness (QED) is 0.791. The average molecular weight is 373 g/mol. The molecule has 0 saturated carbocycles. The molecular formula is C20H28N4OS. The van der Waals surface area contributed by atoms with E-state index in [1.807, 2.05) is 4.90 Å². The Morgan fingerprint density at radius 1 is 1.15 bits per heavy atom. The van der Waals surface area contributed by atoms with E-state index in [1.54, 1.807) is 6.33 Å². The molecule has 2 saturated heterocycles. The molecule has 1 amide bonds. The zero-order valence-corrected chi connectivity index (χ0v) is 16.8. The largest absolute Gasteiger partial charge is 0.353 e. The predicted octanol–water partition coefficient (Wildman–Crippen LogP) is 4.25. The molecule has 2 aromatic rings. The van der Waals surface area contributed by atoms with Gasteiger partial charge in [-0.05, 0) is 57.4 Å². The highest BCUT2D eigenvalue weighted by Gasteiger charge is 2.29. The first kappa shape index (κ1) is 17.7. The Balaban J connectivity index is 1.73. The van der Waals surface area contributed by atoms with E-state index in [0.717, 1.165) is 52.5 Å². The Morgan fingerprint density at radius 2 is 2.00 bits per heavy atom. The van der Waals surface area contributed by atoms with Gasteiger partial charge in [-0.25, -0.2) is 9.97 Å². The van der Waals surface area contributed by atoms with Gasteiger partial charge in [0, 0.05) is 25.7 Å². The number of piperidine rings is 2. The highest BCUT2D eigenvalue weighted by molar-refractivity contribution is 7.20. The van der Waals surface area contributed by atoms with Crippen molar-refractivity contribution in [3.8, 4) is 0 Å². The molecule has 2 aliphatic heterocycles. The van der Waals surface area contributed by atoms with Crippen LogP contribution in [0.5, 0.6) is 0 Å². The second-order valence-electron chi connectivity index (χ2n) is 7.97. The number of fused-ring (bicyclic) bond motifs is 1. The minimum Gasteiger partial charge on any atom is -0.353 e. The lowest BCUT2D eigenvalue weighted by molar-refractivity contribution is 0.0687. The summed E-state index contributed by atoms with van der Waals surface area (Å²) < 4.78 is 0. The SMILES string of the molecule is Cc1c(C(=O)N2CCC[C@H](C)C2)sc2ncnc(N3CCCC[C@@H]3C)c12. The molecule has 2 fully saturated rings. The molecule has 2 aliphatic rings. The highest BCUT2D eigenvalue weighted by Crippen LogP contribution is 2.37. The van der Waals surface area contributed by atoms with Gasteiger partial charge in [0.2, 0.25) is 0 Å². The van der Waals surface area contributed by atoms with Crippen LogP contribution in [0, 0.1) is 12.8 Å². The molecule has 4 heterocycles. The molecule has 140 valence electrons. The van der Waals surface area contributed by atoms with Crippen molar-refractivity contribution in [2.45, 2.75) is 58.9 Å². The van der Waals surface area contributed by atoms with Crippen LogP contribution in [0.25, 0.3) is 10.2 Å². The van der Waals surface area contributed by atoms with Gasteiger partial charge in [-0.15, -0.1) is 11.3 Å². The van der Waals surface area contributed by atoms with Crippen LogP contribution in [0.1, 0.15) is 61.2 Å². The maximum Gasteiger partial charge on any atom is 0.264 e. The predicted molar refractivity (Wildman–Crippen MR) is 107 cm³/mol. The van der Waals surface area contributed by atoms with E-state index in [4.69, 9.17) is 0 Å². The van der Waals surface area contributed by atoms with Crippen molar-refractivity contribution in [2.24, 2.45) is 5.92 Å². The first-order valence-corrected chi connectivity index (χ1v) is 10.7. The second kappa shape index (κ2) is 7.14. The summed E-state index contributed by atoms with van der Waals surface area (Å²) in [7, 11) is 0. The van der Waals surface area contributed by atoms with Gasteiger partial charge in [0.15, 0.2) is 0 Å². The lowest BCUT2D eigenvalue weighted by Crippen LogP contribution is -2.39. The number of hydrogen-bond donors (Lipinski definition) is 0. The standard InChI is InChI=1S/C20H28N4OS/c1-13-7-6-9-23(11-13)20(25)17-15(3)16-18(21-12-22-19(16)26-17)24-10-5-4-8-14(24)2/h12-14H,4-11H2,1-3H3/t13-,14-/m0/s1. The molecule has 6 heteroatoms. The highest BCUT2D eigenvalue weighted by atomic mass is 32.1. The minimum atomic E-state index is 0.176. The molecule has 2 atom stereocenters. The molecule has 26 heavy (non-hydrogen) atoms. The molecule has 0 bridgehead atoms. The topological polar surface area (TPSA) is 49.3 Å². The van der Waals surface area contributed by atoms with Gasteiger partial charge >= 0.3 is 0 Å². The summed E-state index contributed by atoms with van der Waals surface area (Å²) >= 11 is 1.54. The van der Waals surface area contributed by atoms with Gasteiger partial charge in [0.05, 0.1) is 10.3 Å². The van der Waals surface area contributed by atoms with E-state index >= 15 is 0 Å². The van der Waals surface area contributed by atoms with Crippen LogP contribution in [-0.4, -0.2) is 46.5 Å². The number of amides is 1. The fourth-order valence-electron chi connectivity index (χ4n) is 4.41. The van der Waals surface area contributed by atoms with Crippen molar-refractivity contribution in [3.63, 3.8) is 0 Å². The van der Waals surface area contributed by atoms with Crippen LogP contribution in [0.2, 0.25) is 0 Å². The van der Waals surface area contributed by atoms with E-state index in [-0.39, 0.29) is 5.91 Å². The van der Waals surface area contributed by atoms with E-state index in [9.17, 15) is 4.79 Å². The number of aromatic nitrogens is 2. The molecule has 0 N–H and O–H groups in total. The zero-order valence-electron chi connectivity index (χ0n) is 16.0. The maximum atomic E-state index is 13.2. The smallest absolute Gasteiger partial charge is 0.264 e. The van der Waals surface area contributed by atoms with Crippen LogP contribution < -0.4 is 4.90 Å². The molecule has 0 unspecified atom stereocenters. The number of hydrogen-bond acceptors (Lipinski definition) is 5. The van der Waals surface area contributed by atoms with Crippen molar-refractivity contribution in [2.75, 3.05) is 24.5 Å². The summed E-state index contributed by atoms with van der Waals surface area (Å²) in [5.74, 6) is 1.78. The molecule has 5 nitrogen and oxygen atoms in total. The Kier molecular flexibility index (Phi) is 4.86. The van der Waals surface area contributed by atoms with Gasteiger partial charge in [-0.3, -0.25) is 4.79 Å². The fourth-order valence-corrected chi connectivity index (χ4v) is 5.52. The first-order chi connectivity index (χ1) is 12.6. The number of carbonyl (C=O) groups is 1. The minimum absolute atomic E-state index is 0.176. The molecule has 2 aromatic heterocycles. The van der Waals surface area contributed by atoms with Crippen molar-refractivity contribution in [1.29, 1.82) is 0 Å². The van der Waals surface area contributed by atoms with Gasteiger partial charge in [0.25, 0.3) is 5.91 Å². The number of likely N-dealkylation sites (tertiary alicyclic amines) is 1. The lowest BCUT2D eigenvalue weighted by Gasteiger charge is -2.34. The number of thiophene rings is 1. The van der Waals surface area contributed by atoms with Crippen LogP contribution in [0.3, 0.4) is 0 Å². The normalized spacial score (nSPS) is 24.3. The molecular weight excluding hydrogens is 344 g/mol. The van der Waals surface area contributed by atoms with Gasteiger partial charge in [-0.1, -0.05) is 6.92 Å². The zero-order chi connectivity index (χ0) is 18.3. The number of aryl methyl sites for hydroxylation is 1. The van der Waals surface area contributed by atoms with Crippen LogP contribution in [0.4, 0.5) is 5.82 Å². The average Bonchev–Trinajstić information content (AvgIpc) is 2.98. The summed E-state index contributed by atoms with van der Waals surface area (Å²) in [5, 5.41) is 1.08. The van der Waals surface area contributed by atoms with Crippen molar-refractivity contribution >= 4 is 33.3 Å². The lowest BCUT2D eigenvalue weighted by atomic mass is 10.00. The number of rotatable bonds is 2. The number of nitrogens with zero attached hydrogens (tertiary/aromatic N) is 4. The Morgan fingerprint density at radius 3 is 2.77 bits per heavy atom. The second-order valence-corrected chi connectivity index (χ2v) is 8.97. The Labute approximate surface area is 159 Å². The van der Waals surface area contributed by atoms with Crippen LogP contribution >= 0.6 is 11.3 Å². The van der Waals surface area contributed by atoms with Crippen molar-refractivity contribution in [1.82, 2.24) is 14.9 Å². The monoisotopic (exact) mass is 372 g/mol. The van der Waals surface area contributed by atoms with Gasteiger partial charge < -0.3 is 9.80 Å². The number of carbonyl (C=O) groups excluding carboxylic acids is 1. The summed E-state index contributed by atoms with van der Waals surface area (Å²) in [4.78, 5) is 28.5. The Bertz CT molecular complexity index is 817. The van der Waals surface area contributed by atoms with Crippen molar-refractivity contribution in [3.05, 3.63) is 16.8 Å². The third-order valence-corrected chi connectivity index (χ3v) is 7.11. The first-order valence-electron chi connectivity index (χ1n) is 9.86. The van der Waals surface area contributed by atoms with E-state index in [1.165, 1.54) is 37.0 Å². The molecule has 0 spiro atoms. The van der Waals surface area contributed by atoms with E-state index in [2.05, 4.69) is 35.6 Å². The molecule has 0 aromatic carbocycles. The van der Waals surface area contributed by atoms with Gasteiger partial charge in [-0.2, -0.15) is 0 Å². The molecule has 0 aliphatic carbocycles. The third-order valence-electron chi connectivity index (χ3n) is 5.92. The maximum absolute atomic E-state index is 13.2. The summed E-state index contributed by atoms with van der Waals surface area (Å²) in [5.41, 5.74) is 1.06. The van der Waals surface area contributed by atoms with Gasteiger partial charge in [0.1, 0.15) is 17.0 Å². The summed E-state index contributed by atoms with van der Waals surface area (Å²) in [6.45, 7) is 9.36. The molecule has 4 rings (SSSR count). The summed E-state index contributed by atoms with van der Waals surface area (Å²) in [6.07, 6.45) is 7.67.